The van der Waals surface area contributed by atoms with E-state index in [1.807, 2.05) is 0 Å². The summed E-state index contributed by atoms with van der Waals surface area (Å²) < 4.78 is 7.57. The molecule has 0 atom stereocenters. The Kier molecular flexibility index (Phi) is 6.87. The van der Waals surface area contributed by atoms with Crippen LogP contribution in [0, 0.1) is 0 Å². The summed E-state index contributed by atoms with van der Waals surface area (Å²) in [6.07, 6.45) is 4.75. The summed E-state index contributed by atoms with van der Waals surface area (Å²) in [5.74, 6) is 0. The molecule has 3 heteroatoms. The molecule has 1 rings (SSSR count). The van der Waals surface area contributed by atoms with Gasteiger partial charge in [-0.3, -0.25) is 0 Å². The average molecular weight is 222 g/mol. The van der Waals surface area contributed by atoms with E-state index in [-0.39, 0.29) is 17.0 Å². The average Bonchev–Trinajstić information content (AvgIpc) is 2.03. The molecule has 1 aliphatic rings. The van der Waals surface area contributed by atoms with Crippen LogP contribution in [0.25, 0.3) is 0 Å². The maximum absolute atomic E-state index is 5.22. The summed E-state index contributed by atoms with van der Waals surface area (Å²) >= 11 is 0. The fraction of sp³-hybridized carbons (Fsp3) is 0.875. The molecule has 0 N–H and O–H groups in total. The van der Waals surface area contributed by atoms with Crippen molar-refractivity contribution >= 4 is 6.21 Å². The minimum atomic E-state index is 0. The molecule has 0 spiro atoms. The molecule has 0 unspecified atom stereocenters. The fourth-order valence-electron chi connectivity index (χ4n) is 1.07. The predicted octanol–water partition coefficient (Wildman–Crippen LogP) is -2.10. The summed E-state index contributed by atoms with van der Waals surface area (Å²) in [5.41, 5.74) is 0. The first-order chi connectivity index (χ1) is 4.93. The number of morpholine rings is 1. The van der Waals surface area contributed by atoms with Crippen LogP contribution in [0.3, 0.4) is 0 Å². The smallest absolute Gasteiger partial charge is 0.165 e. The van der Waals surface area contributed by atoms with Gasteiger partial charge in [0.1, 0.15) is 19.4 Å². The zero-order chi connectivity index (χ0) is 7.23. The van der Waals surface area contributed by atoms with Gasteiger partial charge in [-0.05, 0) is 6.42 Å². The first kappa shape index (κ1) is 11.1. The van der Waals surface area contributed by atoms with Crippen molar-refractivity contribution in [3.05, 3.63) is 0 Å². The van der Waals surface area contributed by atoms with Crippen LogP contribution in [0.15, 0.2) is 0 Å². The second-order valence-corrected chi connectivity index (χ2v) is 2.62. The van der Waals surface area contributed by atoms with E-state index in [2.05, 4.69) is 17.7 Å². The molecule has 0 aromatic heterocycles. The lowest BCUT2D eigenvalue weighted by atomic mass is 10.3. The molecular weight excluding hydrogens is 206 g/mol. The third-order valence-corrected chi connectivity index (χ3v) is 1.72. The summed E-state index contributed by atoms with van der Waals surface area (Å²) in [6.45, 7) is 6.18. The second kappa shape index (κ2) is 6.80. The minimum absolute atomic E-state index is 0. The highest BCUT2D eigenvalue weighted by molar-refractivity contribution is 5.50. The zero-order valence-corrected chi connectivity index (χ0v) is 8.64. The maximum atomic E-state index is 5.22. The van der Waals surface area contributed by atoms with Crippen LogP contribution < -0.4 is 17.0 Å². The van der Waals surface area contributed by atoms with E-state index < -0.39 is 0 Å². The van der Waals surface area contributed by atoms with Crippen molar-refractivity contribution in [3.8, 4) is 0 Å². The van der Waals surface area contributed by atoms with Crippen LogP contribution in [-0.2, 0) is 4.74 Å². The van der Waals surface area contributed by atoms with Crippen molar-refractivity contribution in [2.75, 3.05) is 26.3 Å². The van der Waals surface area contributed by atoms with Crippen molar-refractivity contribution in [1.82, 2.24) is 0 Å². The SMILES string of the molecule is CCCC=[N+]1CCOCC1.[Br-]. The Labute approximate surface area is 79.0 Å². The standard InChI is InChI=1S/C8H16NO.BrH/c1-2-3-4-9-5-7-10-8-6-9;/h4H,2-3,5-8H2,1H3;1H/q+1;/p-1. The molecule has 1 fully saturated rings. The number of rotatable bonds is 2. The summed E-state index contributed by atoms with van der Waals surface area (Å²) in [6, 6.07) is 0. The third kappa shape index (κ3) is 4.53. The summed E-state index contributed by atoms with van der Waals surface area (Å²) in [7, 11) is 0. The van der Waals surface area contributed by atoms with E-state index in [4.69, 9.17) is 4.74 Å². The lowest BCUT2D eigenvalue weighted by molar-refractivity contribution is -0.546. The number of halogens is 1. The number of nitrogens with zero attached hydrogens (tertiary/aromatic N) is 1. The van der Waals surface area contributed by atoms with Gasteiger partial charge in [-0.25, -0.2) is 4.58 Å². The normalized spacial score (nSPS) is 17.4. The first-order valence-electron chi connectivity index (χ1n) is 4.08. The van der Waals surface area contributed by atoms with Crippen molar-refractivity contribution in [2.45, 2.75) is 19.8 Å². The maximum Gasteiger partial charge on any atom is 0.165 e. The molecular formula is C8H16BrNO. The van der Waals surface area contributed by atoms with Crippen LogP contribution in [0.5, 0.6) is 0 Å². The van der Waals surface area contributed by atoms with Gasteiger partial charge >= 0.3 is 0 Å². The summed E-state index contributed by atoms with van der Waals surface area (Å²) in [4.78, 5) is 0. The van der Waals surface area contributed by atoms with Gasteiger partial charge in [0.15, 0.2) is 13.1 Å². The summed E-state index contributed by atoms with van der Waals surface area (Å²) in [5, 5.41) is 0. The molecule has 0 aromatic carbocycles. The highest BCUT2D eigenvalue weighted by Crippen LogP contribution is 1.89. The van der Waals surface area contributed by atoms with Crippen LogP contribution in [0.4, 0.5) is 0 Å². The first-order valence-corrected chi connectivity index (χ1v) is 4.08. The van der Waals surface area contributed by atoms with Gasteiger partial charge in [-0.2, -0.15) is 0 Å². The van der Waals surface area contributed by atoms with Crippen LogP contribution in [0.1, 0.15) is 19.8 Å². The molecule has 0 bridgehead atoms. The predicted molar refractivity (Wildman–Crippen MR) is 41.8 cm³/mol. The van der Waals surface area contributed by atoms with E-state index in [0.29, 0.717) is 0 Å². The van der Waals surface area contributed by atoms with Gasteiger partial charge in [0.05, 0.1) is 0 Å². The van der Waals surface area contributed by atoms with E-state index in [9.17, 15) is 0 Å². The molecule has 0 aliphatic carbocycles. The van der Waals surface area contributed by atoms with E-state index in [1.54, 1.807) is 0 Å². The molecule has 0 aromatic rings. The highest BCUT2D eigenvalue weighted by atomic mass is 79.9. The number of hydrogen-bond donors (Lipinski definition) is 0. The number of unbranched alkanes of at least 4 members (excludes halogenated alkanes) is 1. The van der Waals surface area contributed by atoms with Gasteiger partial charge in [0.25, 0.3) is 0 Å². The molecule has 1 aliphatic heterocycles. The number of ether oxygens (including phenoxy) is 1. The quantitative estimate of drug-likeness (QED) is 0.488. The molecule has 1 saturated heterocycles. The highest BCUT2D eigenvalue weighted by Gasteiger charge is 2.08. The number of hydrogen-bond acceptors (Lipinski definition) is 1. The van der Waals surface area contributed by atoms with E-state index in [1.165, 1.54) is 12.8 Å². The van der Waals surface area contributed by atoms with E-state index in [0.717, 1.165) is 26.3 Å². The Balaban J connectivity index is 0.000001000. The molecule has 11 heavy (non-hydrogen) atoms. The second-order valence-electron chi connectivity index (χ2n) is 2.62. The molecule has 0 amide bonds. The largest absolute Gasteiger partial charge is 1.00 e. The van der Waals surface area contributed by atoms with Crippen molar-refractivity contribution in [2.24, 2.45) is 0 Å². The molecule has 0 radical (unpaired) electrons. The lowest BCUT2D eigenvalue weighted by Crippen LogP contribution is -3.00. The Hall–Kier alpha value is 0.110. The van der Waals surface area contributed by atoms with Crippen molar-refractivity contribution in [1.29, 1.82) is 0 Å². The Morgan fingerprint density at radius 1 is 1.36 bits per heavy atom. The monoisotopic (exact) mass is 221 g/mol. The Bertz CT molecular complexity index is 117. The van der Waals surface area contributed by atoms with Gasteiger partial charge in [-0.1, -0.05) is 6.92 Å². The molecule has 0 saturated carbocycles. The Morgan fingerprint density at radius 3 is 2.55 bits per heavy atom. The van der Waals surface area contributed by atoms with Crippen molar-refractivity contribution < 1.29 is 26.3 Å². The van der Waals surface area contributed by atoms with Crippen LogP contribution >= 0.6 is 0 Å². The molecule has 2 nitrogen and oxygen atoms in total. The van der Waals surface area contributed by atoms with E-state index >= 15 is 0 Å². The van der Waals surface area contributed by atoms with Gasteiger partial charge < -0.3 is 21.7 Å². The fourth-order valence-corrected chi connectivity index (χ4v) is 1.07. The third-order valence-electron chi connectivity index (χ3n) is 1.72. The van der Waals surface area contributed by atoms with Crippen LogP contribution in [0.2, 0.25) is 0 Å². The van der Waals surface area contributed by atoms with Crippen molar-refractivity contribution in [3.63, 3.8) is 0 Å². The lowest BCUT2D eigenvalue weighted by Gasteiger charge is -2.09. The van der Waals surface area contributed by atoms with Gasteiger partial charge in [-0.15, -0.1) is 0 Å². The molecule has 66 valence electrons. The minimum Gasteiger partial charge on any atom is -1.00 e. The van der Waals surface area contributed by atoms with Gasteiger partial charge in [0, 0.05) is 6.42 Å². The Morgan fingerprint density at radius 2 is 2.00 bits per heavy atom. The zero-order valence-electron chi connectivity index (χ0n) is 7.05. The topological polar surface area (TPSA) is 12.2 Å². The molecule has 1 heterocycles. The van der Waals surface area contributed by atoms with Gasteiger partial charge in [0.2, 0.25) is 0 Å². The van der Waals surface area contributed by atoms with Crippen LogP contribution in [-0.4, -0.2) is 37.1 Å².